The van der Waals surface area contributed by atoms with Gasteiger partial charge in [-0.2, -0.15) is 5.10 Å². The molecule has 0 atom stereocenters. The molecule has 1 fully saturated rings. The molecule has 0 amide bonds. The van der Waals surface area contributed by atoms with E-state index in [1.165, 1.54) is 19.3 Å². The molecule has 0 unspecified atom stereocenters. The van der Waals surface area contributed by atoms with Gasteiger partial charge < -0.3 is 14.5 Å². The van der Waals surface area contributed by atoms with Crippen LogP contribution in [0.25, 0.3) is 56.1 Å². The number of nitrogens with one attached hydrogen (secondary N) is 2. The Morgan fingerprint density at radius 3 is 2.59 bits per heavy atom. The lowest BCUT2D eigenvalue weighted by molar-refractivity contribution is 0.154. The highest BCUT2D eigenvalue weighted by Gasteiger charge is 2.19. The lowest BCUT2D eigenvalue weighted by atomic mass is 9.98. The van der Waals surface area contributed by atoms with Gasteiger partial charge in [-0.3, -0.25) is 15.1 Å². The van der Waals surface area contributed by atoms with Crippen LogP contribution >= 0.6 is 0 Å². The average molecular weight is 518 g/mol. The molecule has 2 N–H and O–H groups in total. The fourth-order valence-electron chi connectivity index (χ4n) is 5.25. The minimum atomic E-state index is 0.260. The van der Waals surface area contributed by atoms with Gasteiger partial charge in [-0.1, -0.05) is 18.6 Å². The zero-order chi connectivity index (χ0) is 26.2. The number of imidazole rings is 1. The third kappa shape index (κ3) is 4.46. The molecular formula is C30H27N7O2. The first kappa shape index (κ1) is 23.3. The van der Waals surface area contributed by atoms with Crippen molar-refractivity contribution in [3.05, 3.63) is 67.1 Å². The molecule has 1 aromatic carbocycles. The lowest BCUT2D eigenvalue weighted by Crippen LogP contribution is -2.19. The summed E-state index contributed by atoms with van der Waals surface area (Å²) >= 11 is 0. The van der Waals surface area contributed by atoms with Crippen molar-refractivity contribution in [2.45, 2.75) is 38.2 Å². The van der Waals surface area contributed by atoms with Gasteiger partial charge in [0, 0.05) is 23.5 Å². The molecule has 5 heterocycles. The average Bonchev–Trinajstić information content (AvgIpc) is 3.61. The summed E-state index contributed by atoms with van der Waals surface area (Å²) in [5, 5.41) is 7.65. The molecule has 1 aliphatic carbocycles. The van der Waals surface area contributed by atoms with Crippen molar-refractivity contribution in [3.8, 4) is 45.5 Å². The second kappa shape index (κ2) is 9.83. The molecule has 9 heteroatoms. The van der Waals surface area contributed by atoms with E-state index in [0.717, 1.165) is 68.9 Å². The van der Waals surface area contributed by atoms with Gasteiger partial charge in [-0.05, 0) is 62.1 Å². The fraction of sp³-hybridized carbons (Fsp3) is 0.233. The summed E-state index contributed by atoms with van der Waals surface area (Å²) < 4.78 is 11.6. The van der Waals surface area contributed by atoms with E-state index in [4.69, 9.17) is 19.4 Å². The molecular weight excluding hydrogens is 490 g/mol. The summed E-state index contributed by atoms with van der Waals surface area (Å²) in [5.74, 6) is 2.16. The summed E-state index contributed by atoms with van der Waals surface area (Å²) in [5.41, 5.74) is 7.18. The van der Waals surface area contributed by atoms with E-state index in [0.29, 0.717) is 11.5 Å². The number of aromatic nitrogens is 7. The van der Waals surface area contributed by atoms with Crippen LogP contribution in [0.1, 0.15) is 32.1 Å². The van der Waals surface area contributed by atoms with Gasteiger partial charge >= 0.3 is 0 Å². The second-order valence-electron chi connectivity index (χ2n) is 9.83. The third-order valence-electron chi connectivity index (χ3n) is 7.24. The Hall–Kier alpha value is -4.79. The van der Waals surface area contributed by atoms with Crippen molar-refractivity contribution in [1.29, 1.82) is 0 Å². The SMILES string of the molecule is COc1cccc(-c2nccc3[nH]c(-c4n[nH]c5ccc(-c6cncc(OC7CCCCC7)c6)nc45)nc23)c1. The van der Waals surface area contributed by atoms with Gasteiger partial charge in [-0.15, -0.1) is 0 Å². The first-order valence-electron chi connectivity index (χ1n) is 13.2. The van der Waals surface area contributed by atoms with Crippen LogP contribution in [0.4, 0.5) is 0 Å². The second-order valence-corrected chi connectivity index (χ2v) is 9.83. The fourth-order valence-corrected chi connectivity index (χ4v) is 5.25. The number of hydrogen-bond donors (Lipinski definition) is 2. The zero-order valence-corrected chi connectivity index (χ0v) is 21.5. The van der Waals surface area contributed by atoms with E-state index in [2.05, 4.69) is 25.1 Å². The van der Waals surface area contributed by atoms with Crippen LogP contribution in [0, 0.1) is 0 Å². The van der Waals surface area contributed by atoms with Crippen LogP contribution in [0.5, 0.6) is 11.5 Å². The molecule has 0 saturated heterocycles. The number of ether oxygens (including phenoxy) is 2. The van der Waals surface area contributed by atoms with Gasteiger partial charge in [-0.25, -0.2) is 9.97 Å². The quantitative estimate of drug-likeness (QED) is 0.265. The van der Waals surface area contributed by atoms with E-state index < -0.39 is 0 Å². The highest BCUT2D eigenvalue weighted by Crippen LogP contribution is 2.32. The molecule has 0 bridgehead atoms. The van der Waals surface area contributed by atoms with E-state index in [-0.39, 0.29) is 6.10 Å². The summed E-state index contributed by atoms with van der Waals surface area (Å²) in [4.78, 5) is 22.3. The van der Waals surface area contributed by atoms with Crippen molar-refractivity contribution in [1.82, 2.24) is 35.1 Å². The molecule has 9 nitrogen and oxygen atoms in total. The number of rotatable bonds is 6. The predicted octanol–water partition coefficient (Wildman–Crippen LogP) is 6.35. The van der Waals surface area contributed by atoms with Crippen molar-refractivity contribution in [3.63, 3.8) is 0 Å². The monoisotopic (exact) mass is 517 g/mol. The molecule has 39 heavy (non-hydrogen) atoms. The largest absolute Gasteiger partial charge is 0.497 e. The highest BCUT2D eigenvalue weighted by molar-refractivity contribution is 5.95. The van der Waals surface area contributed by atoms with Crippen molar-refractivity contribution < 1.29 is 9.47 Å². The highest BCUT2D eigenvalue weighted by atomic mass is 16.5. The Kier molecular flexibility index (Phi) is 5.88. The Morgan fingerprint density at radius 2 is 1.69 bits per heavy atom. The minimum Gasteiger partial charge on any atom is -0.497 e. The van der Waals surface area contributed by atoms with Crippen molar-refractivity contribution in [2.75, 3.05) is 7.11 Å². The lowest BCUT2D eigenvalue weighted by Gasteiger charge is -2.22. The standard InChI is InChI=1S/C30H27N7O2/c1-38-21-9-5-6-18(14-21)26-27-24(12-13-32-26)34-30(35-27)29-28-25(36-37-29)11-10-23(33-28)19-15-22(17-31-16-19)39-20-7-3-2-4-8-20/h5-6,9-17,20H,2-4,7-8H2,1H3,(H,34,35)(H,36,37). The number of benzene rings is 1. The molecule has 1 aliphatic rings. The molecule has 0 spiro atoms. The van der Waals surface area contributed by atoms with Gasteiger partial charge in [0.05, 0.1) is 41.8 Å². The Labute approximate surface area is 224 Å². The summed E-state index contributed by atoms with van der Waals surface area (Å²) in [6.45, 7) is 0. The van der Waals surface area contributed by atoms with Crippen LogP contribution < -0.4 is 9.47 Å². The molecule has 5 aromatic heterocycles. The Morgan fingerprint density at radius 1 is 0.821 bits per heavy atom. The number of nitrogens with zero attached hydrogens (tertiary/aromatic N) is 5. The molecule has 6 aromatic rings. The number of aromatic amines is 2. The number of H-pyrrole nitrogens is 2. The smallest absolute Gasteiger partial charge is 0.161 e. The van der Waals surface area contributed by atoms with E-state index in [9.17, 15) is 0 Å². The minimum absolute atomic E-state index is 0.260. The predicted molar refractivity (Wildman–Crippen MR) is 149 cm³/mol. The maximum atomic E-state index is 6.24. The Balaban J connectivity index is 1.25. The van der Waals surface area contributed by atoms with Crippen LogP contribution in [0.15, 0.2) is 67.1 Å². The van der Waals surface area contributed by atoms with E-state index in [1.54, 1.807) is 19.5 Å². The van der Waals surface area contributed by atoms with Gasteiger partial charge in [0.2, 0.25) is 0 Å². The normalized spacial score (nSPS) is 14.2. The van der Waals surface area contributed by atoms with Gasteiger partial charge in [0.25, 0.3) is 0 Å². The van der Waals surface area contributed by atoms with Crippen LogP contribution in [-0.2, 0) is 0 Å². The number of fused-ring (bicyclic) bond motifs is 2. The summed E-state index contributed by atoms with van der Waals surface area (Å²) in [7, 11) is 1.65. The van der Waals surface area contributed by atoms with E-state index >= 15 is 0 Å². The molecule has 1 saturated carbocycles. The first-order chi connectivity index (χ1) is 19.2. The number of methoxy groups -OCH3 is 1. The Bertz CT molecular complexity index is 1790. The van der Waals surface area contributed by atoms with Crippen LogP contribution in [-0.4, -0.2) is 48.3 Å². The maximum Gasteiger partial charge on any atom is 0.161 e. The maximum absolute atomic E-state index is 6.24. The molecule has 0 aliphatic heterocycles. The van der Waals surface area contributed by atoms with Crippen molar-refractivity contribution >= 4 is 22.1 Å². The third-order valence-corrected chi connectivity index (χ3v) is 7.24. The van der Waals surface area contributed by atoms with Crippen LogP contribution in [0.3, 0.4) is 0 Å². The van der Waals surface area contributed by atoms with Gasteiger partial charge in [0.15, 0.2) is 11.5 Å². The zero-order valence-electron chi connectivity index (χ0n) is 21.5. The summed E-state index contributed by atoms with van der Waals surface area (Å²) in [6.07, 6.45) is 11.6. The summed E-state index contributed by atoms with van der Waals surface area (Å²) in [6, 6.07) is 15.7. The molecule has 7 rings (SSSR count). The van der Waals surface area contributed by atoms with Crippen molar-refractivity contribution in [2.24, 2.45) is 0 Å². The van der Waals surface area contributed by atoms with Gasteiger partial charge in [0.1, 0.15) is 22.5 Å². The number of hydrogen-bond acceptors (Lipinski definition) is 7. The molecule has 0 radical (unpaired) electrons. The first-order valence-corrected chi connectivity index (χ1v) is 13.2. The molecule has 194 valence electrons. The van der Waals surface area contributed by atoms with Crippen LogP contribution in [0.2, 0.25) is 0 Å². The van der Waals surface area contributed by atoms with E-state index in [1.807, 2.05) is 54.7 Å². The topological polar surface area (TPSA) is 114 Å². The number of pyridine rings is 3.